The van der Waals surface area contributed by atoms with Crippen LogP contribution in [0.3, 0.4) is 0 Å². The van der Waals surface area contributed by atoms with Crippen LogP contribution in [-0.2, 0) is 17.1 Å². The molecule has 7 heteroatoms. The SMILES string of the molecule is Cc1nc(S(=O)(=O)N[C@@H]2CCCN[C@@H]2C)cn1C. The molecule has 1 saturated heterocycles. The fourth-order valence-electron chi connectivity index (χ4n) is 2.12. The van der Waals surface area contributed by atoms with E-state index in [1.807, 2.05) is 6.92 Å². The van der Waals surface area contributed by atoms with Gasteiger partial charge in [-0.15, -0.1) is 0 Å². The van der Waals surface area contributed by atoms with E-state index in [-0.39, 0.29) is 17.1 Å². The van der Waals surface area contributed by atoms with Crippen molar-refractivity contribution < 1.29 is 8.42 Å². The fourth-order valence-corrected chi connectivity index (χ4v) is 3.51. The number of nitrogens with one attached hydrogen (secondary N) is 2. The molecule has 0 radical (unpaired) electrons. The van der Waals surface area contributed by atoms with Gasteiger partial charge in [-0.1, -0.05) is 0 Å². The quantitative estimate of drug-likeness (QED) is 0.821. The van der Waals surface area contributed by atoms with Crippen LogP contribution in [0.15, 0.2) is 11.2 Å². The molecular formula is C11H20N4O2S. The van der Waals surface area contributed by atoms with Gasteiger partial charge in [-0.05, 0) is 33.2 Å². The Morgan fingerprint density at radius 3 is 2.83 bits per heavy atom. The summed E-state index contributed by atoms with van der Waals surface area (Å²) in [7, 11) is -1.73. The molecule has 0 aliphatic carbocycles. The largest absolute Gasteiger partial charge is 0.337 e. The molecule has 1 aromatic heterocycles. The van der Waals surface area contributed by atoms with Crippen LogP contribution in [-0.4, -0.2) is 36.6 Å². The van der Waals surface area contributed by atoms with Gasteiger partial charge in [0.1, 0.15) is 5.82 Å². The molecule has 0 aromatic carbocycles. The topological polar surface area (TPSA) is 76.0 Å². The molecule has 0 spiro atoms. The van der Waals surface area contributed by atoms with Crippen LogP contribution in [0.2, 0.25) is 0 Å². The third-order valence-electron chi connectivity index (χ3n) is 3.43. The van der Waals surface area contributed by atoms with Gasteiger partial charge < -0.3 is 9.88 Å². The third-order valence-corrected chi connectivity index (χ3v) is 4.79. The lowest BCUT2D eigenvalue weighted by Gasteiger charge is -2.30. The highest BCUT2D eigenvalue weighted by Crippen LogP contribution is 2.13. The van der Waals surface area contributed by atoms with E-state index in [9.17, 15) is 8.42 Å². The monoisotopic (exact) mass is 272 g/mol. The molecule has 1 fully saturated rings. The zero-order valence-corrected chi connectivity index (χ0v) is 11.8. The standard InChI is InChI=1S/C11H20N4O2S/c1-8-10(5-4-6-12-8)14-18(16,17)11-7-15(3)9(2)13-11/h7-8,10,12,14H,4-6H2,1-3H3/t8-,10-/m1/s1. The van der Waals surface area contributed by atoms with Crippen LogP contribution in [0.1, 0.15) is 25.6 Å². The average molecular weight is 272 g/mol. The maximum absolute atomic E-state index is 12.2. The van der Waals surface area contributed by atoms with Gasteiger partial charge in [0, 0.05) is 25.3 Å². The van der Waals surface area contributed by atoms with Gasteiger partial charge >= 0.3 is 0 Å². The minimum atomic E-state index is -3.52. The number of hydrogen-bond donors (Lipinski definition) is 2. The van der Waals surface area contributed by atoms with Crippen LogP contribution in [0.4, 0.5) is 0 Å². The highest BCUT2D eigenvalue weighted by molar-refractivity contribution is 7.89. The summed E-state index contributed by atoms with van der Waals surface area (Å²) >= 11 is 0. The van der Waals surface area contributed by atoms with Crippen molar-refractivity contribution in [2.45, 2.75) is 43.8 Å². The lowest BCUT2D eigenvalue weighted by Crippen LogP contribution is -2.51. The molecule has 2 atom stereocenters. The van der Waals surface area contributed by atoms with Crippen molar-refractivity contribution >= 4 is 10.0 Å². The summed E-state index contributed by atoms with van der Waals surface area (Å²) in [6, 6.07) is 0.0874. The molecular weight excluding hydrogens is 252 g/mol. The molecule has 6 nitrogen and oxygen atoms in total. The number of hydrogen-bond acceptors (Lipinski definition) is 4. The predicted molar refractivity (Wildman–Crippen MR) is 68.8 cm³/mol. The second-order valence-electron chi connectivity index (χ2n) is 4.85. The van der Waals surface area contributed by atoms with Crippen LogP contribution >= 0.6 is 0 Å². The zero-order chi connectivity index (χ0) is 13.3. The van der Waals surface area contributed by atoms with Gasteiger partial charge in [-0.25, -0.2) is 18.1 Å². The summed E-state index contributed by atoms with van der Waals surface area (Å²) in [5, 5.41) is 3.37. The minimum Gasteiger partial charge on any atom is -0.337 e. The number of sulfonamides is 1. The lowest BCUT2D eigenvalue weighted by molar-refractivity contribution is 0.348. The van der Waals surface area contributed by atoms with Gasteiger partial charge in [0.05, 0.1) is 0 Å². The van der Waals surface area contributed by atoms with E-state index in [1.54, 1.807) is 24.7 Å². The Kier molecular flexibility index (Phi) is 3.74. The number of nitrogens with zero attached hydrogens (tertiary/aromatic N) is 2. The molecule has 18 heavy (non-hydrogen) atoms. The Hall–Kier alpha value is -0.920. The van der Waals surface area contributed by atoms with E-state index in [0.717, 1.165) is 19.4 Å². The summed E-state index contributed by atoms with van der Waals surface area (Å²) in [6.45, 7) is 4.72. The average Bonchev–Trinajstić information content (AvgIpc) is 2.63. The van der Waals surface area contributed by atoms with Gasteiger partial charge in [-0.3, -0.25) is 0 Å². The highest BCUT2D eigenvalue weighted by Gasteiger charge is 2.27. The highest BCUT2D eigenvalue weighted by atomic mass is 32.2. The Bertz CT molecular complexity index is 504. The number of aromatic nitrogens is 2. The van der Waals surface area contributed by atoms with Crippen molar-refractivity contribution in [1.29, 1.82) is 0 Å². The molecule has 0 amide bonds. The Balaban J connectivity index is 2.16. The maximum atomic E-state index is 12.2. The van der Waals surface area contributed by atoms with Crippen molar-refractivity contribution in [1.82, 2.24) is 19.6 Å². The van der Waals surface area contributed by atoms with Crippen LogP contribution in [0.25, 0.3) is 0 Å². The van der Waals surface area contributed by atoms with E-state index in [0.29, 0.717) is 5.82 Å². The summed E-state index contributed by atoms with van der Waals surface area (Å²) < 4.78 is 28.8. The number of imidazole rings is 1. The summed E-state index contributed by atoms with van der Waals surface area (Å²) in [6.07, 6.45) is 3.39. The van der Waals surface area contributed by atoms with Gasteiger partial charge in [0.15, 0.2) is 5.03 Å². The number of rotatable bonds is 3. The molecule has 1 aromatic rings. The molecule has 0 bridgehead atoms. The van der Waals surface area contributed by atoms with Gasteiger partial charge in [0.2, 0.25) is 0 Å². The van der Waals surface area contributed by atoms with Crippen LogP contribution in [0.5, 0.6) is 0 Å². The van der Waals surface area contributed by atoms with Crippen molar-refractivity contribution in [3.05, 3.63) is 12.0 Å². The molecule has 2 rings (SSSR count). The lowest BCUT2D eigenvalue weighted by atomic mass is 10.0. The molecule has 2 N–H and O–H groups in total. The molecule has 2 heterocycles. The summed E-state index contributed by atoms with van der Waals surface area (Å²) in [5.41, 5.74) is 0. The summed E-state index contributed by atoms with van der Waals surface area (Å²) in [4.78, 5) is 4.06. The first kappa shape index (κ1) is 13.5. The number of aryl methyl sites for hydroxylation is 2. The van der Waals surface area contributed by atoms with Crippen molar-refractivity contribution in [3.8, 4) is 0 Å². The second-order valence-corrected chi connectivity index (χ2v) is 6.51. The zero-order valence-electron chi connectivity index (χ0n) is 11.0. The van der Waals surface area contributed by atoms with Crippen molar-refractivity contribution in [2.24, 2.45) is 7.05 Å². The van der Waals surface area contributed by atoms with Gasteiger partial charge in [0.25, 0.3) is 10.0 Å². The Morgan fingerprint density at radius 2 is 2.28 bits per heavy atom. The van der Waals surface area contributed by atoms with E-state index in [2.05, 4.69) is 15.0 Å². The molecule has 102 valence electrons. The van der Waals surface area contributed by atoms with E-state index >= 15 is 0 Å². The first-order valence-corrected chi connectivity index (χ1v) is 7.64. The predicted octanol–water partition coefficient (Wildman–Crippen LogP) is 0.147. The molecule has 1 aliphatic rings. The van der Waals surface area contributed by atoms with Crippen molar-refractivity contribution in [3.63, 3.8) is 0 Å². The van der Waals surface area contributed by atoms with Crippen LogP contribution < -0.4 is 10.0 Å². The normalized spacial score (nSPS) is 25.3. The smallest absolute Gasteiger partial charge is 0.259 e. The van der Waals surface area contributed by atoms with E-state index < -0.39 is 10.0 Å². The molecule has 0 saturated carbocycles. The Morgan fingerprint density at radius 1 is 1.56 bits per heavy atom. The van der Waals surface area contributed by atoms with E-state index in [1.165, 1.54) is 0 Å². The fraction of sp³-hybridized carbons (Fsp3) is 0.727. The van der Waals surface area contributed by atoms with E-state index in [4.69, 9.17) is 0 Å². The maximum Gasteiger partial charge on any atom is 0.259 e. The first-order chi connectivity index (χ1) is 8.40. The molecule has 0 unspecified atom stereocenters. The minimum absolute atomic E-state index is 0.0638. The molecule has 1 aliphatic heterocycles. The summed E-state index contributed by atoms with van der Waals surface area (Å²) in [5.74, 6) is 0.685. The van der Waals surface area contributed by atoms with Crippen molar-refractivity contribution in [2.75, 3.05) is 6.54 Å². The number of piperidine rings is 1. The van der Waals surface area contributed by atoms with Crippen LogP contribution in [0, 0.1) is 6.92 Å². The third kappa shape index (κ3) is 2.73. The second kappa shape index (κ2) is 4.99. The Labute approximate surface area is 108 Å². The van der Waals surface area contributed by atoms with Gasteiger partial charge in [-0.2, -0.15) is 0 Å². The first-order valence-electron chi connectivity index (χ1n) is 6.16.